The zero-order valence-corrected chi connectivity index (χ0v) is 41.3. The van der Waals surface area contributed by atoms with Crippen LogP contribution in [-0.4, -0.2) is 37.2 Å². The molecule has 0 aromatic rings. The zero-order valence-electron chi connectivity index (χ0n) is 41.3. The largest absolute Gasteiger partial charge is 0.462 e. The monoisotopic (exact) mass is 879 g/mol. The molecule has 1 unspecified atom stereocenters. The predicted octanol–water partition coefficient (Wildman–Crippen LogP) is 17.4. The minimum Gasteiger partial charge on any atom is -0.462 e. The molecule has 0 aliphatic carbocycles. The fourth-order valence-electron chi connectivity index (χ4n) is 7.16. The van der Waals surface area contributed by atoms with E-state index in [9.17, 15) is 14.4 Å². The number of allylic oxidation sites excluding steroid dienone is 12. The molecular formula is C57H98O6. The lowest BCUT2D eigenvalue weighted by atomic mass is 10.1. The van der Waals surface area contributed by atoms with Gasteiger partial charge in [0.2, 0.25) is 0 Å². The van der Waals surface area contributed by atoms with Gasteiger partial charge in [0, 0.05) is 19.3 Å². The van der Waals surface area contributed by atoms with Gasteiger partial charge in [-0.2, -0.15) is 0 Å². The van der Waals surface area contributed by atoms with E-state index in [2.05, 4.69) is 93.7 Å². The van der Waals surface area contributed by atoms with Gasteiger partial charge in [-0.1, -0.05) is 216 Å². The lowest BCUT2D eigenvalue weighted by Gasteiger charge is -2.18. The van der Waals surface area contributed by atoms with Gasteiger partial charge in [0.05, 0.1) is 0 Å². The van der Waals surface area contributed by atoms with Crippen molar-refractivity contribution < 1.29 is 28.6 Å². The Morgan fingerprint density at radius 2 is 0.571 bits per heavy atom. The van der Waals surface area contributed by atoms with Gasteiger partial charge >= 0.3 is 17.9 Å². The second-order valence-electron chi connectivity index (χ2n) is 17.5. The molecule has 0 aliphatic rings. The van der Waals surface area contributed by atoms with Gasteiger partial charge in [-0.15, -0.1) is 0 Å². The van der Waals surface area contributed by atoms with Crippen molar-refractivity contribution in [3.63, 3.8) is 0 Å². The smallest absolute Gasteiger partial charge is 0.306 e. The van der Waals surface area contributed by atoms with Gasteiger partial charge in [-0.3, -0.25) is 14.4 Å². The first-order valence-corrected chi connectivity index (χ1v) is 26.5. The molecule has 0 aromatic heterocycles. The highest BCUT2D eigenvalue weighted by molar-refractivity contribution is 5.71. The number of esters is 3. The summed E-state index contributed by atoms with van der Waals surface area (Å²) in [4.78, 5) is 38.0. The maximum Gasteiger partial charge on any atom is 0.306 e. The molecule has 0 fully saturated rings. The molecule has 0 N–H and O–H groups in total. The van der Waals surface area contributed by atoms with Crippen molar-refractivity contribution in [1.82, 2.24) is 0 Å². The van der Waals surface area contributed by atoms with E-state index in [0.717, 1.165) is 83.5 Å². The first kappa shape index (κ1) is 59.9. The molecule has 6 nitrogen and oxygen atoms in total. The van der Waals surface area contributed by atoms with Gasteiger partial charge in [0.1, 0.15) is 13.2 Å². The van der Waals surface area contributed by atoms with Crippen LogP contribution in [0.4, 0.5) is 0 Å². The Morgan fingerprint density at radius 3 is 0.905 bits per heavy atom. The van der Waals surface area contributed by atoms with Gasteiger partial charge < -0.3 is 14.2 Å². The summed E-state index contributed by atoms with van der Waals surface area (Å²) in [6, 6.07) is 0. The second kappa shape index (κ2) is 51.5. The molecule has 362 valence electrons. The molecular weight excluding hydrogens is 781 g/mol. The Labute approximate surface area is 389 Å². The Hall–Kier alpha value is -3.15. The van der Waals surface area contributed by atoms with E-state index in [0.29, 0.717) is 19.3 Å². The molecule has 0 spiro atoms. The average Bonchev–Trinajstić information content (AvgIpc) is 3.28. The standard InChI is InChI=1S/C57H98O6/c1-4-7-10-13-16-19-22-24-26-27-28-29-31-32-35-38-41-44-47-50-56(59)62-53-54(52-61-55(58)49-46-43-40-37-34-21-18-15-12-9-6-3)63-57(60)51-48-45-42-39-36-33-30-25-23-20-17-14-11-8-5-2/h15-25,34,54H,4-14,26-33,35-53H2,1-3H3/b18-15-,19-16-,20-17-,24-22-,25-23-,34-21-. The maximum absolute atomic E-state index is 12.8. The molecule has 0 heterocycles. The molecule has 63 heavy (non-hydrogen) atoms. The topological polar surface area (TPSA) is 78.9 Å². The number of ether oxygens (including phenoxy) is 3. The van der Waals surface area contributed by atoms with Gasteiger partial charge in [-0.05, 0) is 89.9 Å². The summed E-state index contributed by atoms with van der Waals surface area (Å²) >= 11 is 0. The molecule has 0 radical (unpaired) electrons. The first-order valence-electron chi connectivity index (χ1n) is 26.5. The first-order chi connectivity index (χ1) is 31.0. The summed E-state index contributed by atoms with van der Waals surface area (Å²) in [5.74, 6) is -0.933. The van der Waals surface area contributed by atoms with Gasteiger partial charge in [-0.25, -0.2) is 0 Å². The summed E-state index contributed by atoms with van der Waals surface area (Å²) in [7, 11) is 0. The average molecular weight is 879 g/mol. The molecule has 0 bridgehead atoms. The van der Waals surface area contributed by atoms with Crippen LogP contribution in [0.25, 0.3) is 0 Å². The van der Waals surface area contributed by atoms with Crippen LogP contribution in [-0.2, 0) is 28.6 Å². The highest BCUT2D eigenvalue weighted by atomic mass is 16.6. The molecule has 1 atom stereocenters. The quantitative estimate of drug-likeness (QED) is 0.0262. The van der Waals surface area contributed by atoms with Crippen molar-refractivity contribution >= 4 is 17.9 Å². The molecule has 6 heteroatoms. The summed E-state index contributed by atoms with van der Waals surface area (Å²) < 4.78 is 16.8. The fraction of sp³-hybridized carbons (Fsp3) is 0.737. The van der Waals surface area contributed by atoms with E-state index >= 15 is 0 Å². The lowest BCUT2D eigenvalue weighted by molar-refractivity contribution is -0.167. The summed E-state index contributed by atoms with van der Waals surface area (Å²) in [6.07, 6.45) is 64.5. The Morgan fingerprint density at radius 1 is 0.317 bits per heavy atom. The number of rotatable bonds is 47. The van der Waals surface area contributed by atoms with E-state index in [1.165, 1.54) is 128 Å². The van der Waals surface area contributed by atoms with Crippen LogP contribution in [0.1, 0.15) is 252 Å². The van der Waals surface area contributed by atoms with E-state index in [-0.39, 0.29) is 31.1 Å². The van der Waals surface area contributed by atoms with Crippen LogP contribution in [0.2, 0.25) is 0 Å². The van der Waals surface area contributed by atoms with E-state index in [1.807, 2.05) is 0 Å². The van der Waals surface area contributed by atoms with Gasteiger partial charge in [0.25, 0.3) is 0 Å². The van der Waals surface area contributed by atoms with Crippen molar-refractivity contribution in [2.45, 2.75) is 258 Å². The van der Waals surface area contributed by atoms with Crippen LogP contribution in [0, 0.1) is 0 Å². The molecule has 0 rings (SSSR count). The van der Waals surface area contributed by atoms with Crippen LogP contribution in [0.15, 0.2) is 72.9 Å². The van der Waals surface area contributed by atoms with E-state index < -0.39 is 6.10 Å². The number of carbonyl (C=O) groups excluding carboxylic acids is 3. The maximum atomic E-state index is 12.8. The summed E-state index contributed by atoms with van der Waals surface area (Å²) in [6.45, 7) is 6.49. The van der Waals surface area contributed by atoms with Crippen molar-refractivity contribution in [3.8, 4) is 0 Å². The van der Waals surface area contributed by atoms with Crippen molar-refractivity contribution in [3.05, 3.63) is 72.9 Å². The molecule has 0 amide bonds. The van der Waals surface area contributed by atoms with Crippen LogP contribution in [0.3, 0.4) is 0 Å². The van der Waals surface area contributed by atoms with Crippen molar-refractivity contribution in [2.24, 2.45) is 0 Å². The van der Waals surface area contributed by atoms with Crippen LogP contribution < -0.4 is 0 Å². The van der Waals surface area contributed by atoms with Crippen LogP contribution >= 0.6 is 0 Å². The zero-order chi connectivity index (χ0) is 45.8. The molecule has 0 aromatic carbocycles. The summed E-state index contributed by atoms with van der Waals surface area (Å²) in [5, 5.41) is 0. The molecule has 0 aliphatic heterocycles. The number of hydrogen-bond donors (Lipinski definition) is 0. The Bertz CT molecular complexity index is 1190. The van der Waals surface area contributed by atoms with Gasteiger partial charge in [0.15, 0.2) is 6.10 Å². The minimum atomic E-state index is -0.793. The van der Waals surface area contributed by atoms with Crippen molar-refractivity contribution in [2.75, 3.05) is 13.2 Å². The third-order valence-corrected chi connectivity index (χ3v) is 11.2. The normalized spacial score (nSPS) is 12.6. The highest BCUT2D eigenvalue weighted by Gasteiger charge is 2.19. The highest BCUT2D eigenvalue weighted by Crippen LogP contribution is 2.14. The third kappa shape index (κ3) is 49.7. The number of unbranched alkanes of at least 4 members (excludes halogenated alkanes) is 27. The second-order valence-corrected chi connectivity index (χ2v) is 17.5. The Balaban J connectivity index is 4.38. The fourth-order valence-corrected chi connectivity index (χ4v) is 7.16. The lowest BCUT2D eigenvalue weighted by Crippen LogP contribution is -2.30. The predicted molar refractivity (Wildman–Crippen MR) is 270 cm³/mol. The molecule has 0 saturated heterocycles. The summed E-state index contributed by atoms with van der Waals surface area (Å²) in [5.41, 5.74) is 0. The molecule has 0 saturated carbocycles. The Kier molecular flexibility index (Phi) is 48.9. The number of carbonyl (C=O) groups is 3. The third-order valence-electron chi connectivity index (χ3n) is 11.2. The van der Waals surface area contributed by atoms with Crippen LogP contribution in [0.5, 0.6) is 0 Å². The SMILES string of the molecule is CCCC/C=C\C=C/CCCCCC(=O)OCC(COC(=O)CCCCCCCCCCCC/C=C\C=C/CCCCC)OC(=O)CCCCCCCC/C=C\C=C/CCCCC. The van der Waals surface area contributed by atoms with E-state index in [4.69, 9.17) is 14.2 Å². The van der Waals surface area contributed by atoms with E-state index in [1.54, 1.807) is 0 Å². The van der Waals surface area contributed by atoms with Crippen molar-refractivity contribution in [1.29, 1.82) is 0 Å². The number of hydrogen-bond acceptors (Lipinski definition) is 6. The minimum absolute atomic E-state index is 0.0906.